The quantitative estimate of drug-likeness (QED) is 0.720. The molecular formula is C11H20N2O3S. The van der Waals surface area contributed by atoms with Crippen LogP contribution in [0.15, 0.2) is 0 Å². The highest BCUT2D eigenvalue weighted by Crippen LogP contribution is 2.20. The molecule has 0 bridgehead atoms. The fraction of sp³-hybridized carbons (Fsp3) is 0.909. The highest BCUT2D eigenvalue weighted by atomic mass is 32.2. The Hall–Kier alpha value is -0.620. The van der Waals surface area contributed by atoms with Gasteiger partial charge >= 0.3 is 0 Å². The number of hydrogen-bond acceptors (Lipinski definition) is 4. The van der Waals surface area contributed by atoms with Crippen molar-refractivity contribution >= 4 is 15.7 Å². The van der Waals surface area contributed by atoms with E-state index in [1.165, 1.54) is 0 Å². The lowest BCUT2D eigenvalue weighted by Gasteiger charge is -2.16. The van der Waals surface area contributed by atoms with E-state index in [0.29, 0.717) is 18.9 Å². The largest absolute Gasteiger partial charge is 0.355 e. The van der Waals surface area contributed by atoms with Crippen molar-refractivity contribution in [1.29, 1.82) is 0 Å². The molecule has 1 unspecified atom stereocenters. The van der Waals surface area contributed by atoms with Crippen molar-refractivity contribution in [2.75, 3.05) is 25.4 Å². The summed E-state index contributed by atoms with van der Waals surface area (Å²) in [6, 6.07) is 0. The van der Waals surface area contributed by atoms with Gasteiger partial charge in [0, 0.05) is 13.1 Å². The van der Waals surface area contributed by atoms with E-state index in [-0.39, 0.29) is 29.4 Å². The first-order chi connectivity index (χ1) is 8.00. The van der Waals surface area contributed by atoms with Gasteiger partial charge in [0.1, 0.15) is 0 Å². The van der Waals surface area contributed by atoms with E-state index in [1.54, 1.807) is 0 Å². The maximum Gasteiger partial charge on any atom is 0.224 e. The lowest BCUT2D eigenvalue weighted by atomic mass is 9.97. The number of carbonyl (C=O) groups is 1. The summed E-state index contributed by atoms with van der Waals surface area (Å²) in [4.78, 5) is 11.9. The Labute approximate surface area is 102 Å². The molecule has 0 aromatic rings. The molecular weight excluding hydrogens is 240 g/mol. The molecule has 3 atom stereocenters. The third-order valence-corrected chi connectivity index (χ3v) is 6.10. The molecule has 5 nitrogen and oxygen atoms in total. The molecule has 2 fully saturated rings. The van der Waals surface area contributed by atoms with Gasteiger partial charge in [0.05, 0.1) is 16.9 Å². The molecule has 2 rings (SSSR count). The van der Waals surface area contributed by atoms with E-state index in [0.717, 1.165) is 13.0 Å². The van der Waals surface area contributed by atoms with Crippen molar-refractivity contribution in [3.05, 3.63) is 0 Å². The topological polar surface area (TPSA) is 75.3 Å². The lowest BCUT2D eigenvalue weighted by molar-refractivity contribution is -0.125. The average molecular weight is 260 g/mol. The number of carbonyl (C=O) groups excluding carboxylic acids is 1. The van der Waals surface area contributed by atoms with Crippen molar-refractivity contribution in [3.8, 4) is 0 Å². The SMILES string of the molecule is C[C@@H]1CNC[C@H]1C(=O)NCC1CCCS1(=O)=O. The van der Waals surface area contributed by atoms with Crippen LogP contribution in [0, 0.1) is 11.8 Å². The summed E-state index contributed by atoms with van der Waals surface area (Å²) in [6.45, 7) is 3.88. The zero-order valence-corrected chi connectivity index (χ0v) is 10.9. The number of hydrogen-bond donors (Lipinski definition) is 2. The monoisotopic (exact) mass is 260 g/mol. The Morgan fingerprint density at radius 3 is 2.71 bits per heavy atom. The number of amides is 1. The summed E-state index contributed by atoms with van der Waals surface area (Å²) >= 11 is 0. The van der Waals surface area contributed by atoms with Gasteiger partial charge in [-0.25, -0.2) is 8.42 Å². The summed E-state index contributed by atoms with van der Waals surface area (Å²) in [7, 11) is -2.95. The molecule has 2 heterocycles. The smallest absolute Gasteiger partial charge is 0.224 e. The molecule has 0 saturated carbocycles. The lowest BCUT2D eigenvalue weighted by Crippen LogP contribution is -2.40. The van der Waals surface area contributed by atoms with E-state index in [2.05, 4.69) is 10.6 Å². The highest BCUT2D eigenvalue weighted by Gasteiger charge is 2.33. The Kier molecular flexibility index (Phi) is 3.73. The van der Waals surface area contributed by atoms with Crippen LogP contribution in [0.2, 0.25) is 0 Å². The first-order valence-corrected chi connectivity index (χ1v) is 7.92. The van der Waals surface area contributed by atoms with Crippen LogP contribution in [-0.4, -0.2) is 45.0 Å². The fourth-order valence-corrected chi connectivity index (χ4v) is 4.36. The van der Waals surface area contributed by atoms with Crippen LogP contribution >= 0.6 is 0 Å². The van der Waals surface area contributed by atoms with Crippen molar-refractivity contribution in [1.82, 2.24) is 10.6 Å². The van der Waals surface area contributed by atoms with E-state index in [9.17, 15) is 13.2 Å². The highest BCUT2D eigenvalue weighted by molar-refractivity contribution is 7.92. The second kappa shape index (κ2) is 4.94. The minimum atomic E-state index is -2.95. The minimum Gasteiger partial charge on any atom is -0.355 e. The number of sulfone groups is 1. The van der Waals surface area contributed by atoms with Gasteiger partial charge in [0.25, 0.3) is 0 Å². The van der Waals surface area contributed by atoms with Gasteiger partial charge in [-0.1, -0.05) is 6.92 Å². The van der Waals surface area contributed by atoms with E-state index >= 15 is 0 Å². The van der Waals surface area contributed by atoms with Gasteiger partial charge < -0.3 is 10.6 Å². The molecule has 2 aliphatic rings. The molecule has 6 heteroatoms. The van der Waals surface area contributed by atoms with Crippen LogP contribution in [0.1, 0.15) is 19.8 Å². The molecule has 0 radical (unpaired) electrons. The molecule has 1 amide bonds. The minimum absolute atomic E-state index is 0.00963. The van der Waals surface area contributed by atoms with Crippen LogP contribution in [-0.2, 0) is 14.6 Å². The summed E-state index contributed by atoms with van der Waals surface area (Å²) < 4.78 is 23.2. The molecule has 2 saturated heterocycles. The van der Waals surface area contributed by atoms with E-state index < -0.39 is 9.84 Å². The Morgan fingerprint density at radius 1 is 1.41 bits per heavy atom. The molecule has 0 aromatic heterocycles. The molecule has 0 aromatic carbocycles. The first-order valence-electron chi connectivity index (χ1n) is 6.20. The van der Waals surface area contributed by atoms with Crippen molar-refractivity contribution in [3.63, 3.8) is 0 Å². The average Bonchev–Trinajstić information content (AvgIpc) is 2.81. The third kappa shape index (κ3) is 2.80. The van der Waals surface area contributed by atoms with Gasteiger partial charge in [-0.2, -0.15) is 0 Å². The zero-order chi connectivity index (χ0) is 12.5. The second-order valence-corrected chi connectivity index (χ2v) is 7.52. The zero-order valence-electron chi connectivity index (χ0n) is 10.1. The van der Waals surface area contributed by atoms with Crippen LogP contribution in [0.5, 0.6) is 0 Å². The number of rotatable bonds is 3. The van der Waals surface area contributed by atoms with Gasteiger partial charge in [-0.3, -0.25) is 4.79 Å². The van der Waals surface area contributed by atoms with Crippen molar-refractivity contribution < 1.29 is 13.2 Å². The summed E-state index contributed by atoms with van der Waals surface area (Å²) in [5.41, 5.74) is 0. The van der Waals surface area contributed by atoms with Gasteiger partial charge in [-0.15, -0.1) is 0 Å². The van der Waals surface area contributed by atoms with Crippen molar-refractivity contribution in [2.45, 2.75) is 25.0 Å². The van der Waals surface area contributed by atoms with E-state index in [1.807, 2.05) is 6.92 Å². The van der Waals surface area contributed by atoms with E-state index in [4.69, 9.17) is 0 Å². The summed E-state index contributed by atoms with van der Waals surface area (Å²) in [5, 5.41) is 5.60. The molecule has 17 heavy (non-hydrogen) atoms. The predicted octanol–water partition coefficient (Wildman–Crippen LogP) is -0.465. The van der Waals surface area contributed by atoms with Crippen LogP contribution in [0.3, 0.4) is 0 Å². The summed E-state index contributed by atoms with van der Waals surface area (Å²) in [5.74, 6) is 0.577. The second-order valence-electron chi connectivity index (χ2n) is 5.12. The maximum absolute atomic E-state index is 11.9. The molecule has 98 valence electrons. The Bertz CT molecular complexity index is 394. The van der Waals surface area contributed by atoms with Gasteiger partial charge in [0.2, 0.25) is 5.91 Å². The van der Waals surface area contributed by atoms with Gasteiger partial charge in [-0.05, 0) is 25.3 Å². The molecule has 0 spiro atoms. The first kappa shape index (κ1) is 12.8. The normalized spacial score (nSPS) is 35.9. The van der Waals surface area contributed by atoms with Crippen LogP contribution < -0.4 is 10.6 Å². The molecule has 2 N–H and O–H groups in total. The summed E-state index contributed by atoms with van der Waals surface area (Å²) in [6.07, 6.45) is 1.41. The molecule has 2 aliphatic heterocycles. The maximum atomic E-state index is 11.9. The van der Waals surface area contributed by atoms with Crippen LogP contribution in [0.25, 0.3) is 0 Å². The third-order valence-electron chi connectivity index (χ3n) is 3.82. The molecule has 0 aliphatic carbocycles. The Morgan fingerprint density at radius 2 is 2.18 bits per heavy atom. The number of nitrogens with one attached hydrogen (secondary N) is 2. The van der Waals surface area contributed by atoms with Gasteiger partial charge in [0.15, 0.2) is 9.84 Å². The van der Waals surface area contributed by atoms with Crippen LogP contribution in [0.4, 0.5) is 0 Å². The Balaban J connectivity index is 1.84. The van der Waals surface area contributed by atoms with Crippen molar-refractivity contribution in [2.24, 2.45) is 11.8 Å². The fourth-order valence-electron chi connectivity index (χ4n) is 2.59. The standard InChI is InChI=1S/C11H20N2O3S/c1-8-5-12-7-10(8)11(14)13-6-9-3-2-4-17(9,15)16/h8-10,12H,2-7H2,1H3,(H,13,14)/t8-,9?,10-/m1/s1. The predicted molar refractivity (Wildman–Crippen MR) is 65.3 cm³/mol.